The van der Waals surface area contributed by atoms with E-state index in [0.29, 0.717) is 24.7 Å². The van der Waals surface area contributed by atoms with Gasteiger partial charge in [0.15, 0.2) is 0 Å². The van der Waals surface area contributed by atoms with Crippen molar-refractivity contribution in [3.8, 4) is 11.5 Å². The summed E-state index contributed by atoms with van der Waals surface area (Å²) in [6.45, 7) is 2.69. The van der Waals surface area contributed by atoms with E-state index < -0.39 is 9.85 Å². The van der Waals surface area contributed by atoms with Crippen LogP contribution in [-0.2, 0) is 0 Å². The van der Waals surface area contributed by atoms with Crippen molar-refractivity contribution < 1.29 is 19.3 Å². The Bertz CT molecular complexity index is 638. The summed E-state index contributed by atoms with van der Waals surface area (Å²) < 4.78 is 11.1. The molecule has 0 fully saturated rings. The van der Waals surface area contributed by atoms with E-state index in [-0.39, 0.29) is 17.3 Å². The van der Waals surface area contributed by atoms with Crippen molar-refractivity contribution in [1.29, 1.82) is 0 Å². The van der Waals surface area contributed by atoms with Gasteiger partial charge in [-0.25, -0.2) is 0 Å². The van der Waals surface area contributed by atoms with Gasteiger partial charge < -0.3 is 9.47 Å². The van der Waals surface area contributed by atoms with Crippen molar-refractivity contribution in [2.45, 2.75) is 6.92 Å². The third-order valence-corrected chi connectivity index (χ3v) is 3.16. The molecule has 8 nitrogen and oxygen atoms in total. The fourth-order valence-electron chi connectivity index (χ4n) is 1.85. The summed E-state index contributed by atoms with van der Waals surface area (Å²) in [6.07, 6.45) is 0. The molecule has 2 rings (SSSR count). The second kappa shape index (κ2) is 7.91. The van der Waals surface area contributed by atoms with Crippen LogP contribution in [0.25, 0.3) is 0 Å². The molecule has 0 unspecified atom stereocenters. The van der Waals surface area contributed by atoms with E-state index in [1.54, 1.807) is 24.3 Å². The monoisotopic (exact) mass is 332 g/mol. The van der Waals surface area contributed by atoms with Crippen molar-refractivity contribution in [3.63, 3.8) is 0 Å². The topological polar surface area (TPSA) is 105 Å². The van der Waals surface area contributed by atoms with Crippen LogP contribution in [0, 0.1) is 26.1 Å². The van der Waals surface area contributed by atoms with Gasteiger partial charge in [-0.3, -0.25) is 20.2 Å². The number of nitro groups is 2. The first-order chi connectivity index (χ1) is 11.5. The number of nitro benzene ring substituents is 2. The normalized spacial score (nSPS) is 10.4. The first kappa shape index (κ1) is 17.2. The standard InChI is InChI=1S/C16H16N2O6/c1-12(10-23-15-6-2-13(3-7-15)17(19)20)11-24-16-8-4-14(5-9-16)18(21)22/h2-9,12H,10-11H2,1H3. The molecule has 126 valence electrons. The third kappa shape index (κ3) is 4.94. The third-order valence-electron chi connectivity index (χ3n) is 3.16. The van der Waals surface area contributed by atoms with Crippen LogP contribution in [0.3, 0.4) is 0 Å². The maximum atomic E-state index is 10.6. The Labute approximate surface area is 137 Å². The van der Waals surface area contributed by atoms with Crippen molar-refractivity contribution in [1.82, 2.24) is 0 Å². The first-order valence-electron chi connectivity index (χ1n) is 7.20. The summed E-state index contributed by atoms with van der Waals surface area (Å²) in [5, 5.41) is 21.1. The molecule has 0 N–H and O–H groups in total. The molecule has 2 aromatic carbocycles. The Hall–Kier alpha value is -3.16. The number of nitrogens with zero attached hydrogens (tertiary/aromatic N) is 2. The molecule has 0 heterocycles. The van der Waals surface area contributed by atoms with Crippen LogP contribution in [0.5, 0.6) is 11.5 Å². The maximum Gasteiger partial charge on any atom is 0.269 e. The summed E-state index contributed by atoms with van der Waals surface area (Å²) >= 11 is 0. The highest BCUT2D eigenvalue weighted by Gasteiger charge is 2.09. The smallest absolute Gasteiger partial charge is 0.269 e. The molecule has 0 aromatic heterocycles. The molecule has 8 heteroatoms. The summed E-state index contributed by atoms with van der Waals surface area (Å²) in [5.74, 6) is 1.15. The fourth-order valence-corrected chi connectivity index (χ4v) is 1.85. The molecule has 0 aliphatic carbocycles. The number of hydrogen-bond acceptors (Lipinski definition) is 6. The molecule has 2 aromatic rings. The van der Waals surface area contributed by atoms with Gasteiger partial charge in [0.2, 0.25) is 0 Å². The Morgan fingerprint density at radius 3 is 1.42 bits per heavy atom. The predicted octanol–water partition coefficient (Wildman–Crippen LogP) is 3.60. The lowest BCUT2D eigenvalue weighted by molar-refractivity contribution is -0.385. The van der Waals surface area contributed by atoms with E-state index >= 15 is 0 Å². The molecular formula is C16H16N2O6. The summed E-state index contributed by atoms with van der Waals surface area (Å²) in [4.78, 5) is 20.2. The zero-order valence-corrected chi connectivity index (χ0v) is 13.0. The van der Waals surface area contributed by atoms with E-state index in [4.69, 9.17) is 9.47 Å². The van der Waals surface area contributed by atoms with Crippen LogP contribution in [0.1, 0.15) is 6.92 Å². The van der Waals surface area contributed by atoms with E-state index in [1.807, 2.05) is 6.92 Å². The molecule has 0 saturated carbocycles. The van der Waals surface area contributed by atoms with E-state index in [9.17, 15) is 20.2 Å². The molecule has 0 radical (unpaired) electrons. The second-order valence-corrected chi connectivity index (χ2v) is 5.23. The molecule has 0 amide bonds. The lowest BCUT2D eigenvalue weighted by Crippen LogP contribution is -2.16. The average Bonchev–Trinajstić information content (AvgIpc) is 2.58. The van der Waals surface area contributed by atoms with Crippen molar-refractivity contribution >= 4 is 11.4 Å². The molecule has 0 spiro atoms. The van der Waals surface area contributed by atoms with Crippen LogP contribution in [0.15, 0.2) is 48.5 Å². The molecule has 0 atom stereocenters. The highest BCUT2D eigenvalue weighted by Crippen LogP contribution is 2.19. The Morgan fingerprint density at radius 2 is 1.12 bits per heavy atom. The quantitative estimate of drug-likeness (QED) is 0.540. The minimum absolute atomic E-state index is 0.0110. The summed E-state index contributed by atoms with van der Waals surface area (Å²) in [7, 11) is 0. The van der Waals surface area contributed by atoms with Crippen LogP contribution >= 0.6 is 0 Å². The Morgan fingerprint density at radius 1 is 0.792 bits per heavy atom. The first-order valence-corrected chi connectivity index (χ1v) is 7.20. The zero-order chi connectivity index (χ0) is 17.5. The number of ether oxygens (including phenoxy) is 2. The predicted molar refractivity (Wildman–Crippen MR) is 86.3 cm³/mol. The highest BCUT2D eigenvalue weighted by atomic mass is 16.6. The summed E-state index contributed by atoms with van der Waals surface area (Å²) in [6, 6.07) is 11.7. The molecular weight excluding hydrogens is 316 g/mol. The van der Waals surface area contributed by atoms with Gasteiger partial charge in [0.05, 0.1) is 23.1 Å². The van der Waals surface area contributed by atoms with Gasteiger partial charge in [0.1, 0.15) is 11.5 Å². The van der Waals surface area contributed by atoms with Gasteiger partial charge in [-0.1, -0.05) is 6.92 Å². The van der Waals surface area contributed by atoms with E-state index in [0.717, 1.165) is 0 Å². The molecule has 0 aliphatic rings. The highest BCUT2D eigenvalue weighted by molar-refractivity contribution is 5.36. The van der Waals surface area contributed by atoms with Gasteiger partial charge in [-0.05, 0) is 24.3 Å². The summed E-state index contributed by atoms with van der Waals surface area (Å²) in [5.41, 5.74) is 0.0220. The van der Waals surface area contributed by atoms with Crippen LogP contribution in [0.2, 0.25) is 0 Å². The SMILES string of the molecule is CC(COc1ccc([N+](=O)[O-])cc1)COc1ccc([N+](=O)[O-])cc1. The van der Waals surface area contributed by atoms with Crippen molar-refractivity contribution in [3.05, 3.63) is 68.8 Å². The van der Waals surface area contributed by atoms with Crippen LogP contribution < -0.4 is 9.47 Å². The van der Waals surface area contributed by atoms with E-state index in [2.05, 4.69) is 0 Å². The lowest BCUT2D eigenvalue weighted by Gasteiger charge is -2.14. The molecule has 0 saturated heterocycles. The van der Waals surface area contributed by atoms with Gasteiger partial charge in [0.25, 0.3) is 11.4 Å². The largest absolute Gasteiger partial charge is 0.493 e. The van der Waals surface area contributed by atoms with Crippen molar-refractivity contribution in [2.75, 3.05) is 13.2 Å². The lowest BCUT2D eigenvalue weighted by atomic mass is 10.2. The van der Waals surface area contributed by atoms with Gasteiger partial charge >= 0.3 is 0 Å². The maximum absolute atomic E-state index is 10.6. The van der Waals surface area contributed by atoms with Crippen LogP contribution in [-0.4, -0.2) is 23.1 Å². The van der Waals surface area contributed by atoms with Crippen LogP contribution in [0.4, 0.5) is 11.4 Å². The fraction of sp³-hybridized carbons (Fsp3) is 0.250. The minimum Gasteiger partial charge on any atom is -0.493 e. The molecule has 0 bridgehead atoms. The molecule has 24 heavy (non-hydrogen) atoms. The minimum atomic E-state index is -0.468. The van der Waals surface area contributed by atoms with Crippen molar-refractivity contribution in [2.24, 2.45) is 5.92 Å². The number of rotatable bonds is 8. The average molecular weight is 332 g/mol. The van der Waals surface area contributed by atoms with Gasteiger partial charge in [0, 0.05) is 30.2 Å². The molecule has 0 aliphatic heterocycles. The second-order valence-electron chi connectivity index (χ2n) is 5.23. The Kier molecular flexibility index (Phi) is 5.67. The number of non-ortho nitro benzene ring substituents is 2. The van der Waals surface area contributed by atoms with E-state index in [1.165, 1.54) is 24.3 Å². The van der Waals surface area contributed by atoms with Gasteiger partial charge in [-0.2, -0.15) is 0 Å². The number of benzene rings is 2. The Balaban J connectivity index is 1.77. The number of hydrogen-bond donors (Lipinski definition) is 0. The zero-order valence-electron chi connectivity index (χ0n) is 13.0. The van der Waals surface area contributed by atoms with Gasteiger partial charge in [-0.15, -0.1) is 0 Å².